The van der Waals surface area contributed by atoms with Crippen molar-refractivity contribution in [3.63, 3.8) is 0 Å². The quantitative estimate of drug-likeness (QED) is 0.373. The van der Waals surface area contributed by atoms with Crippen molar-refractivity contribution in [1.29, 1.82) is 0 Å². The number of cyclic esters (lactones) is 1. The van der Waals surface area contributed by atoms with Gasteiger partial charge in [-0.25, -0.2) is 4.79 Å². The highest BCUT2D eigenvalue weighted by Gasteiger charge is 2.67. The van der Waals surface area contributed by atoms with Gasteiger partial charge in [0.1, 0.15) is 18.8 Å². The van der Waals surface area contributed by atoms with Gasteiger partial charge in [0, 0.05) is 25.5 Å². The van der Waals surface area contributed by atoms with Crippen molar-refractivity contribution >= 4 is 11.9 Å². The normalized spacial score (nSPS) is 51.2. The van der Waals surface area contributed by atoms with Gasteiger partial charge in [0.25, 0.3) is 0 Å². The number of ether oxygens (including phenoxy) is 5. The van der Waals surface area contributed by atoms with Crippen LogP contribution in [0.5, 0.6) is 0 Å². The van der Waals surface area contributed by atoms with E-state index in [9.17, 15) is 19.8 Å². The molecule has 4 saturated carbocycles. The van der Waals surface area contributed by atoms with Gasteiger partial charge in [0.2, 0.25) is 0 Å². The highest BCUT2D eigenvalue weighted by Crippen LogP contribution is 2.70. The summed E-state index contributed by atoms with van der Waals surface area (Å²) in [6, 6.07) is 0. The fourth-order valence-corrected chi connectivity index (χ4v) is 10.4. The van der Waals surface area contributed by atoms with E-state index >= 15 is 0 Å². The Kier molecular flexibility index (Phi) is 7.62. The molecule has 0 aromatic carbocycles. The predicted octanol–water partition coefficient (Wildman–Crippen LogP) is 3.68. The van der Waals surface area contributed by atoms with E-state index in [0.29, 0.717) is 18.4 Å². The van der Waals surface area contributed by atoms with Gasteiger partial charge in [-0.05, 0) is 99.4 Å². The molecule has 230 valence electrons. The van der Waals surface area contributed by atoms with Gasteiger partial charge in [0.05, 0.1) is 17.8 Å². The molecule has 0 radical (unpaired) electrons. The molecule has 2 aliphatic heterocycles. The predicted molar refractivity (Wildman–Crippen MR) is 147 cm³/mol. The molecule has 2 heterocycles. The second-order valence-electron chi connectivity index (χ2n) is 14.3. The largest absolute Gasteiger partial charge is 0.458 e. The van der Waals surface area contributed by atoms with Crippen molar-refractivity contribution in [2.45, 2.75) is 128 Å². The number of methoxy groups -OCH3 is 1. The third-order valence-electron chi connectivity index (χ3n) is 12.6. The maximum Gasteiger partial charge on any atom is 0.331 e. The van der Waals surface area contributed by atoms with E-state index in [4.69, 9.17) is 23.7 Å². The van der Waals surface area contributed by atoms with E-state index in [-0.39, 0.29) is 34.7 Å². The summed E-state index contributed by atoms with van der Waals surface area (Å²) in [5.74, 6) is 0.650. The summed E-state index contributed by atoms with van der Waals surface area (Å²) < 4.78 is 28.9. The fraction of sp³-hybridized carbons (Fsp3) is 0.875. The van der Waals surface area contributed by atoms with Gasteiger partial charge in [-0.2, -0.15) is 0 Å². The molecule has 1 saturated heterocycles. The fourth-order valence-electron chi connectivity index (χ4n) is 10.4. The van der Waals surface area contributed by atoms with Crippen LogP contribution in [0.15, 0.2) is 11.6 Å². The van der Waals surface area contributed by atoms with Crippen LogP contribution in [0.25, 0.3) is 0 Å². The first-order chi connectivity index (χ1) is 19.4. The SMILES string of the molecule is CO[C@@H]1[C@@H](O)[C@H](C)O[C@@H](OC2CC[C@@]3(C)C(CC[C@@H]4[C@@H]3CC[C@]3(C)[C@@H](C5=CC(=O)OC5)CC[C@]43O)C2)[C@H]1OC(C)=O. The lowest BCUT2D eigenvalue weighted by molar-refractivity contribution is -0.315. The summed E-state index contributed by atoms with van der Waals surface area (Å²) in [5.41, 5.74) is 0.221. The van der Waals surface area contributed by atoms with Crippen LogP contribution >= 0.6 is 0 Å². The number of rotatable bonds is 5. The summed E-state index contributed by atoms with van der Waals surface area (Å²) in [7, 11) is 1.50. The first-order valence-corrected chi connectivity index (χ1v) is 15.7. The summed E-state index contributed by atoms with van der Waals surface area (Å²) in [4.78, 5) is 23.7. The highest BCUT2D eigenvalue weighted by molar-refractivity contribution is 5.85. The van der Waals surface area contributed by atoms with E-state index in [1.165, 1.54) is 14.0 Å². The molecule has 5 fully saturated rings. The molecular formula is C32H48O9. The Labute approximate surface area is 243 Å². The van der Waals surface area contributed by atoms with Gasteiger partial charge in [-0.1, -0.05) is 13.8 Å². The van der Waals surface area contributed by atoms with E-state index in [0.717, 1.165) is 63.4 Å². The van der Waals surface area contributed by atoms with Crippen molar-refractivity contribution in [3.05, 3.63) is 11.6 Å². The number of fused-ring (bicyclic) bond motifs is 5. The Balaban J connectivity index is 1.16. The first kappa shape index (κ1) is 29.5. The Morgan fingerprint density at radius 3 is 2.51 bits per heavy atom. The monoisotopic (exact) mass is 576 g/mol. The zero-order valence-electron chi connectivity index (χ0n) is 25.2. The Hall–Kier alpha value is -1.52. The zero-order chi connectivity index (χ0) is 29.3. The second-order valence-corrected chi connectivity index (χ2v) is 14.3. The lowest BCUT2D eigenvalue weighted by Gasteiger charge is -2.64. The van der Waals surface area contributed by atoms with Crippen LogP contribution in [0.3, 0.4) is 0 Å². The number of hydrogen-bond acceptors (Lipinski definition) is 9. The van der Waals surface area contributed by atoms with Gasteiger partial charge >= 0.3 is 11.9 Å². The number of aliphatic hydroxyl groups excluding tert-OH is 1. The average Bonchev–Trinajstić information content (AvgIpc) is 3.46. The molecule has 6 aliphatic rings. The zero-order valence-corrected chi connectivity index (χ0v) is 25.2. The average molecular weight is 577 g/mol. The van der Waals surface area contributed by atoms with Crippen molar-refractivity contribution in [2.75, 3.05) is 13.7 Å². The molecule has 0 aromatic rings. The van der Waals surface area contributed by atoms with Crippen LogP contribution in [0.2, 0.25) is 0 Å². The van der Waals surface area contributed by atoms with E-state index in [1.807, 2.05) is 0 Å². The molecule has 13 atom stereocenters. The van der Waals surface area contributed by atoms with Crippen molar-refractivity contribution in [3.8, 4) is 0 Å². The smallest absolute Gasteiger partial charge is 0.331 e. The topological polar surface area (TPSA) is 121 Å². The van der Waals surface area contributed by atoms with Crippen LogP contribution in [0.1, 0.15) is 85.5 Å². The second kappa shape index (κ2) is 10.6. The number of hydrogen-bond donors (Lipinski definition) is 2. The van der Waals surface area contributed by atoms with E-state index in [1.54, 1.807) is 13.0 Å². The minimum absolute atomic E-state index is 0.0488. The van der Waals surface area contributed by atoms with Gasteiger partial charge < -0.3 is 33.9 Å². The Morgan fingerprint density at radius 2 is 1.83 bits per heavy atom. The molecule has 4 aliphatic carbocycles. The molecule has 6 rings (SSSR count). The molecule has 2 unspecified atom stereocenters. The molecule has 9 heteroatoms. The van der Waals surface area contributed by atoms with Crippen LogP contribution in [0.4, 0.5) is 0 Å². The maximum atomic E-state index is 12.5. The van der Waals surface area contributed by atoms with Crippen LogP contribution in [0, 0.1) is 34.5 Å². The summed E-state index contributed by atoms with van der Waals surface area (Å²) in [6.07, 6.45) is 6.35. The molecule has 9 nitrogen and oxygen atoms in total. The summed E-state index contributed by atoms with van der Waals surface area (Å²) >= 11 is 0. The van der Waals surface area contributed by atoms with Crippen LogP contribution < -0.4 is 0 Å². The van der Waals surface area contributed by atoms with Crippen LogP contribution in [-0.2, 0) is 33.3 Å². The minimum atomic E-state index is -0.926. The third kappa shape index (κ3) is 4.60. The summed E-state index contributed by atoms with van der Waals surface area (Å²) in [6.45, 7) is 8.19. The van der Waals surface area contributed by atoms with Gasteiger partial charge in [-0.15, -0.1) is 0 Å². The van der Waals surface area contributed by atoms with Gasteiger partial charge in [-0.3, -0.25) is 4.79 Å². The third-order valence-corrected chi connectivity index (χ3v) is 12.6. The first-order valence-electron chi connectivity index (χ1n) is 15.7. The molecule has 0 aromatic heterocycles. The molecule has 0 spiro atoms. The van der Waals surface area contributed by atoms with Crippen molar-refractivity contribution in [2.24, 2.45) is 34.5 Å². The molecule has 0 bridgehead atoms. The maximum absolute atomic E-state index is 12.5. The van der Waals surface area contributed by atoms with E-state index < -0.39 is 42.3 Å². The minimum Gasteiger partial charge on any atom is -0.458 e. The molecule has 41 heavy (non-hydrogen) atoms. The number of esters is 2. The van der Waals surface area contributed by atoms with E-state index in [2.05, 4.69) is 13.8 Å². The summed E-state index contributed by atoms with van der Waals surface area (Å²) in [5, 5.41) is 23.1. The molecule has 0 amide bonds. The number of aliphatic hydroxyl groups is 2. The van der Waals surface area contributed by atoms with Gasteiger partial charge in [0.15, 0.2) is 12.4 Å². The standard InChI is InChI=1S/C32H48O9/c1-17-26(35)27(37-5)28(40-18(2)33)29(39-17)41-21-8-11-30(3)20(15-21)6-7-24-23(30)9-12-31(4)22(10-13-32(24,31)36)19-14-25(34)38-16-19/h14,17,20-24,26-29,35-36H,6-13,15-16H2,1-5H3/t17-,20?,21?,22+,23-,24+,26-,27+,28-,29-,30-,31+,32-/m0/s1. The van der Waals surface area contributed by atoms with Crippen molar-refractivity contribution < 1.29 is 43.5 Å². The molecular weight excluding hydrogens is 528 g/mol. The van der Waals surface area contributed by atoms with Crippen molar-refractivity contribution in [1.82, 2.24) is 0 Å². The van der Waals surface area contributed by atoms with Crippen LogP contribution in [-0.4, -0.2) is 78.3 Å². The number of carbonyl (C=O) groups excluding carboxylic acids is 2. The molecule has 2 N–H and O–H groups in total. The number of carbonyl (C=O) groups is 2. The highest BCUT2D eigenvalue weighted by atomic mass is 16.7. The Bertz CT molecular complexity index is 1080. The Morgan fingerprint density at radius 1 is 1.05 bits per heavy atom. The lowest BCUT2D eigenvalue weighted by atomic mass is 9.43. The lowest BCUT2D eigenvalue weighted by Crippen LogP contribution is -2.63.